The first-order chi connectivity index (χ1) is 16.5. The molecule has 0 amide bonds. The van der Waals surface area contributed by atoms with Gasteiger partial charge in [-0.3, -0.25) is 4.90 Å². The van der Waals surface area contributed by atoms with Crippen molar-refractivity contribution in [2.24, 2.45) is 0 Å². The summed E-state index contributed by atoms with van der Waals surface area (Å²) >= 11 is 5.92. The molecule has 1 aliphatic rings. The van der Waals surface area contributed by atoms with E-state index in [0.29, 0.717) is 54.0 Å². The molecular formula is C24H23ClF2N6O. The van der Waals surface area contributed by atoms with Gasteiger partial charge in [0.1, 0.15) is 17.5 Å². The lowest BCUT2D eigenvalue weighted by atomic mass is 10.1. The minimum atomic E-state index is -0.417. The van der Waals surface area contributed by atoms with Crippen molar-refractivity contribution >= 4 is 28.9 Å². The monoisotopic (exact) mass is 484 g/mol. The fourth-order valence-corrected chi connectivity index (χ4v) is 4.20. The quantitative estimate of drug-likeness (QED) is 0.433. The van der Waals surface area contributed by atoms with Crippen LogP contribution in [-0.2, 0) is 17.7 Å². The highest BCUT2D eigenvalue weighted by atomic mass is 35.5. The second-order valence-corrected chi connectivity index (χ2v) is 8.66. The first-order valence-corrected chi connectivity index (χ1v) is 11.3. The number of halogens is 3. The van der Waals surface area contributed by atoms with Crippen molar-refractivity contribution in [2.45, 2.75) is 19.9 Å². The molecule has 7 nitrogen and oxygen atoms in total. The van der Waals surface area contributed by atoms with E-state index in [0.717, 1.165) is 36.2 Å². The van der Waals surface area contributed by atoms with Crippen LogP contribution in [0.15, 0.2) is 42.6 Å². The second-order valence-electron chi connectivity index (χ2n) is 8.22. The van der Waals surface area contributed by atoms with E-state index < -0.39 is 5.82 Å². The molecule has 0 radical (unpaired) electrons. The largest absolute Gasteiger partial charge is 0.379 e. The van der Waals surface area contributed by atoms with Crippen molar-refractivity contribution in [1.29, 1.82) is 0 Å². The molecule has 0 unspecified atom stereocenters. The maximum Gasteiger partial charge on any atom is 0.158 e. The number of rotatable bonds is 6. The zero-order valence-corrected chi connectivity index (χ0v) is 19.3. The third-order valence-corrected chi connectivity index (χ3v) is 6.04. The molecule has 5 rings (SSSR count). The summed E-state index contributed by atoms with van der Waals surface area (Å²) in [5.74, 6) is 0.206. The highest BCUT2D eigenvalue weighted by molar-refractivity contribution is 6.30. The first-order valence-electron chi connectivity index (χ1n) is 11.0. The summed E-state index contributed by atoms with van der Waals surface area (Å²) in [6.45, 7) is 5.55. The third kappa shape index (κ3) is 4.86. The number of nitrogens with one attached hydrogen (secondary N) is 1. The molecule has 0 aliphatic carbocycles. The lowest BCUT2D eigenvalue weighted by Gasteiger charge is -2.26. The molecule has 4 aromatic rings. The van der Waals surface area contributed by atoms with Crippen LogP contribution in [0.3, 0.4) is 0 Å². The van der Waals surface area contributed by atoms with Gasteiger partial charge >= 0.3 is 0 Å². The highest BCUT2D eigenvalue weighted by Crippen LogP contribution is 2.25. The van der Waals surface area contributed by atoms with Gasteiger partial charge in [-0.1, -0.05) is 17.7 Å². The number of hydrogen-bond donors (Lipinski definition) is 1. The van der Waals surface area contributed by atoms with Crippen molar-refractivity contribution in [2.75, 3.05) is 31.6 Å². The average molecular weight is 485 g/mol. The number of nitrogens with zero attached hydrogens (tertiary/aromatic N) is 5. The van der Waals surface area contributed by atoms with E-state index in [1.165, 1.54) is 12.1 Å². The van der Waals surface area contributed by atoms with Gasteiger partial charge in [-0.2, -0.15) is 0 Å². The second kappa shape index (κ2) is 9.61. The first kappa shape index (κ1) is 22.6. The Balaban J connectivity index is 1.57. The molecule has 0 saturated carbocycles. The van der Waals surface area contributed by atoms with Crippen LogP contribution in [0.4, 0.5) is 20.4 Å². The lowest BCUT2D eigenvalue weighted by molar-refractivity contribution is 0.0343. The normalized spacial score (nSPS) is 14.6. The molecule has 0 bridgehead atoms. The summed E-state index contributed by atoms with van der Waals surface area (Å²) in [5.41, 5.74) is 3.72. The fourth-order valence-electron chi connectivity index (χ4n) is 4.04. The van der Waals surface area contributed by atoms with Gasteiger partial charge in [-0.15, -0.1) is 5.10 Å². The van der Waals surface area contributed by atoms with E-state index in [4.69, 9.17) is 26.4 Å². The van der Waals surface area contributed by atoms with Gasteiger partial charge in [-0.05, 0) is 42.8 Å². The van der Waals surface area contributed by atoms with Gasteiger partial charge in [0.25, 0.3) is 0 Å². The molecule has 1 aliphatic heterocycles. The van der Waals surface area contributed by atoms with E-state index in [2.05, 4.69) is 15.2 Å². The Labute approximate surface area is 200 Å². The van der Waals surface area contributed by atoms with Gasteiger partial charge in [0.2, 0.25) is 0 Å². The van der Waals surface area contributed by atoms with Gasteiger partial charge < -0.3 is 10.1 Å². The standard InChI is InChI=1S/C24H23ClF2N6O/c1-15-21(10-16-2-3-18(25)12-20(16)27)33-24(29-15)17(14-32-6-8-34-9-7-32)11-23(31-33)30-22-5-4-19(26)13-28-22/h2-5,11-13H,6-10,14H2,1H3,(H,28,30,31). The molecule has 1 fully saturated rings. The zero-order valence-electron chi connectivity index (χ0n) is 18.6. The number of benzene rings is 1. The predicted molar refractivity (Wildman–Crippen MR) is 126 cm³/mol. The molecule has 34 heavy (non-hydrogen) atoms. The molecule has 4 heterocycles. The Morgan fingerprint density at radius 3 is 2.62 bits per heavy atom. The van der Waals surface area contributed by atoms with Crippen LogP contribution in [0.5, 0.6) is 0 Å². The third-order valence-electron chi connectivity index (χ3n) is 5.81. The number of anilines is 2. The number of hydrogen-bond acceptors (Lipinski definition) is 6. The van der Waals surface area contributed by atoms with E-state index in [1.807, 2.05) is 13.0 Å². The Bertz CT molecular complexity index is 1320. The number of pyridine rings is 1. The van der Waals surface area contributed by atoms with Gasteiger partial charge in [0.15, 0.2) is 11.5 Å². The summed E-state index contributed by atoms with van der Waals surface area (Å²) in [4.78, 5) is 11.1. The van der Waals surface area contributed by atoms with E-state index in [-0.39, 0.29) is 5.82 Å². The molecule has 1 saturated heterocycles. The topological polar surface area (TPSA) is 67.6 Å². The van der Waals surface area contributed by atoms with E-state index in [1.54, 1.807) is 22.7 Å². The van der Waals surface area contributed by atoms with Crippen molar-refractivity contribution in [3.8, 4) is 0 Å². The Morgan fingerprint density at radius 1 is 1.06 bits per heavy atom. The van der Waals surface area contributed by atoms with Crippen molar-refractivity contribution in [1.82, 2.24) is 24.5 Å². The van der Waals surface area contributed by atoms with Crippen LogP contribution in [0.25, 0.3) is 5.65 Å². The van der Waals surface area contributed by atoms with E-state index >= 15 is 0 Å². The number of aryl methyl sites for hydroxylation is 1. The SMILES string of the molecule is Cc1nc2c(CN3CCOCC3)cc(Nc3ccc(F)cn3)nn2c1Cc1ccc(Cl)cc1F. The number of ether oxygens (including phenoxy) is 1. The Morgan fingerprint density at radius 2 is 1.88 bits per heavy atom. The summed E-state index contributed by atoms with van der Waals surface area (Å²) in [5, 5.41) is 8.22. The van der Waals surface area contributed by atoms with Crippen LogP contribution < -0.4 is 5.32 Å². The van der Waals surface area contributed by atoms with E-state index in [9.17, 15) is 8.78 Å². The van der Waals surface area contributed by atoms with Crippen LogP contribution in [-0.4, -0.2) is 50.8 Å². The maximum atomic E-state index is 14.6. The van der Waals surface area contributed by atoms with Gasteiger partial charge in [0, 0.05) is 36.6 Å². The fraction of sp³-hybridized carbons (Fsp3) is 0.292. The van der Waals surface area contributed by atoms with Gasteiger partial charge in [-0.25, -0.2) is 23.3 Å². The van der Waals surface area contributed by atoms with Crippen molar-refractivity contribution in [3.05, 3.63) is 81.8 Å². The zero-order chi connectivity index (χ0) is 23.7. The van der Waals surface area contributed by atoms with Gasteiger partial charge in [0.05, 0.1) is 30.8 Å². The number of imidazole rings is 1. The molecule has 1 N–H and O–H groups in total. The molecular weight excluding hydrogens is 462 g/mol. The van der Waals surface area contributed by atoms with Crippen LogP contribution >= 0.6 is 11.6 Å². The number of morpholine rings is 1. The molecule has 0 atom stereocenters. The summed E-state index contributed by atoms with van der Waals surface area (Å²) in [7, 11) is 0. The Hall–Kier alpha value is -3.14. The van der Waals surface area contributed by atoms with Crippen LogP contribution in [0, 0.1) is 18.6 Å². The highest BCUT2D eigenvalue weighted by Gasteiger charge is 2.20. The summed E-state index contributed by atoms with van der Waals surface area (Å²) < 4.78 is 35.1. The smallest absolute Gasteiger partial charge is 0.158 e. The summed E-state index contributed by atoms with van der Waals surface area (Å²) in [6, 6.07) is 9.46. The maximum absolute atomic E-state index is 14.6. The summed E-state index contributed by atoms with van der Waals surface area (Å²) in [6.07, 6.45) is 1.45. The molecule has 176 valence electrons. The Kier molecular flexibility index (Phi) is 6.40. The molecule has 1 aromatic carbocycles. The lowest BCUT2D eigenvalue weighted by Crippen LogP contribution is -2.35. The van der Waals surface area contributed by atoms with Crippen molar-refractivity contribution in [3.63, 3.8) is 0 Å². The average Bonchev–Trinajstić information content (AvgIpc) is 3.13. The minimum Gasteiger partial charge on any atom is -0.379 e. The number of fused-ring (bicyclic) bond motifs is 1. The minimum absolute atomic E-state index is 0.304. The van der Waals surface area contributed by atoms with Crippen LogP contribution in [0.1, 0.15) is 22.5 Å². The van der Waals surface area contributed by atoms with Crippen molar-refractivity contribution < 1.29 is 13.5 Å². The predicted octanol–water partition coefficient (Wildman–Crippen LogP) is 4.53. The molecule has 3 aromatic heterocycles. The molecule has 10 heteroatoms. The van der Waals surface area contributed by atoms with Crippen LogP contribution in [0.2, 0.25) is 5.02 Å². The molecule has 0 spiro atoms. The number of aromatic nitrogens is 4.